The summed E-state index contributed by atoms with van der Waals surface area (Å²) in [5.41, 5.74) is 4.32. The van der Waals surface area contributed by atoms with Crippen molar-refractivity contribution < 1.29 is 33.6 Å². The molecule has 2 amide bonds. The first-order valence-corrected chi connectivity index (χ1v) is 21.4. The highest BCUT2D eigenvalue weighted by Crippen LogP contribution is 2.43. The van der Waals surface area contributed by atoms with Crippen LogP contribution in [0.4, 0.5) is 11.4 Å². The molecule has 328 valence electrons. The molecule has 4 aliphatic rings. The third-order valence-corrected chi connectivity index (χ3v) is 12.1. The van der Waals surface area contributed by atoms with Crippen LogP contribution in [-0.4, -0.2) is 105 Å². The monoisotopic (exact) mass is 827 g/mol. The summed E-state index contributed by atoms with van der Waals surface area (Å²) in [4.78, 5) is 37.6. The number of terminal acetylenes is 1. The fourth-order valence-electron chi connectivity index (χ4n) is 8.33. The van der Waals surface area contributed by atoms with Gasteiger partial charge in [0.05, 0.1) is 68.1 Å². The molecular formula is C49H70N4O7. The number of unbranched alkanes of at least 4 members (excludes halogenated alkanes) is 2. The highest BCUT2D eigenvalue weighted by molar-refractivity contribution is 6.04. The maximum absolute atomic E-state index is 13.8. The van der Waals surface area contributed by atoms with E-state index in [1.54, 1.807) is 26.4 Å². The third kappa shape index (κ3) is 11.2. The third-order valence-electron chi connectivity index (χ3n) is 12.1. The number of fused-ring (bicyclic) bond motifs is 4. The van der Waals surface area contributed by atoms with Gasteiger partial charge in [0, 0.05) is 45.1 Å². The summed E-state index contributed by atoms with van der Waals surface area (Å²) in [5, 5.41) is 9.91. The standard InChI is InChI=1S/C42H56N4O7.C5H12.C2H2/c1-26-16-28-22-43-31-20-37(35(50-8)18-29(31)39(48)45(28)23-26)53-25-42(5,6)12-11-41(3,4)13-15-52-38-21-33-30(19-36(38)51-9)40(49)46-24-27(2)17-34(46)32(10-14-47)44(33)7;1-3-5-4-2;1-2/h18-22,28,32,34,47H,1-2,10-17,23-25H2,3-9H3;3-5H2,1-2H3;1-2H. The van der Waals surface area contributed by atoms with Crippen molar-refractivity contribution in [2.24, 2.45) is 15.8 Å². The smallest absolute Gasteiger partial charge is 0.257 e. The lowest BCUT2D eigenvalue weighted by Crippen LogP contribution is -2.47. The number of carbonyl (C=O) groups excluding carboxylic acids is 2. The maximum Gasteiger partial charge on any atom is 0.257 e. The molecule has 3 atom stereocenters. The Morgan fingerprint density at radius 2 is 1.38 bits per heavy atom. The number of nitrogens with zero attached hydrogens (tertiary/aromatic N) is 4. The van der Waals surface area contributed by atoms with E-state index >= 15 is 0 Å². The van der Waals surface area contributed by atoms with Crippen molar-refractivity contribution in [3.63, 3.8) is 0 Å². The summed E-state index contributed by atoms with van der Waals surface area (Å²) in [5.74, 6) is 2.07. The fourth-order valence-corrected chi connectivity index (χ4v) is 8.33. The summed E-state index contributed by atoms with van der Waals surface area (Å²) < 4.78 is 24.2. The SMILES string of the molecule is C#C.C=C1CC2C=Nc3cc(OCC(C)(C)CCC(C)(C)CCOc4cc5c(cc4OC)C(=O)N4CC(=C)CC4C(CCO)N5C)c(OC)cc3C(=O)N2C1.CCCCC. The number of methoxy groups -OCH3 is 2. The summed E-state index contributed by atoms with van der Waals surface area (Å²) in [7, 11) is 5.17. The molecule has 0 saturated carbocycles. The second-order valence-corrected chi connectivity index (χ2v) is 18.0. The number of aliphatic hydroxyl groups excluding tert-OH is 1. The Kier molecular flexibility index (Phi) is 16.7. The van der Waals surface area contributed by atoms with Gasteiger partial charge >= 0.3 is 0 Å². The Labute approximate surface area is 359 Å². The molecule has 6 rings (SSSR count). The van der Waals surface area contributed by atoms with E-state index in [-0.39, 0.29) is 47.4 Å². The predicted octanol–water partition coefficient (Wildman–Crippen LogP) is 9.29. The minimum Gasteiger partial charge on any atom is -0.493 e. The molecule has 4 heterocycles. The van der Waals surface area contributed by atoms with Gasteiger partial charge in [-0.2, -0.15) is 0 Å². The van der Waals surface area contributed by atoms with Crippen LogP contribution in [0.15, 0.2) is 53.6 Å². The van der Waals surface area contributed by atoms with E-state index in [0.29, 0.717) is 72.5 Å². The van der Waals surface area contributed by atoms with Gasteiger partial charge in [0.2, 0.25) is 0 Å². The molecule has 3 unspecified atom stereocenters. The molecule has 0 radical (unpaired) electrons. The zero-order chi connectivity index (χ0) is 44.4. The van der Waals surface area contributed by atoms with Crippen molar-refractivity contribution >= 4 is 29.4 Å². The number of ether oxygens (including phenoxy) is 4. The van der Waals surface area contributed by atoms with Crippen molar-refractivity contribution in [2.75, 3.05) is 59.1 Å². The summed E-state index contributed by atoms with van der Waals surface area (Å²) in [6.07, 6.45) is 18.6. The molecular weight excluding hydrogens is 757 g/mol. The van der Waals surface area contributed by atoms with Gasteiger partial charge in [0.25, 0.3) is 11.8 Å². The first kappa shape index (κ1) is 47.7. The quantitative estimate of drug-likeness (QED) is 0.132. The van der Waals surface area contributed by atoms with Gasteiger partial charge in [-0.15, -0.1) is 12.8 Å². The van der Waals surface area contributed by atoms with Crippen LogP contribution in [-0.2, 0) is 0 Å². The molecule has 4 aliphatic heterocycles. The molecule has 1 N–H and O–H groups in total. The summed E-state index contributed by atoms with van der Waals surface area (Å²) in [6, 6.07) is 7.09. The first-order valence-electron chi connectivity index (χ1n) is 21.4. The number of aliphatic hydroxyl groups is 1. The van der Waals surface area contributed by atoms with Crippen LogP contribution in [0.3, 0.4) is 0 Å². The molecule has 0 aliphatic carbocycles. The van der Waals surface area contributed by atoms with Crippen molar-refractivity contribution in [3.05, 3.63) is 59.7 Å². The average molecular weight is 827 g/mol. The largest absolute Gasteiger partial charge is 0.493 e. The number of rotatable bonds is 16. The van der Waals surface area contributed by atoms with Crippen LogP contribution < -0.4 is 23.8 Å². The highest BCUT2D eigenvalue weighted by atomic mass is 16.5. The second kappa shape index (κ2) is 21.0. The van der Waals surface area contributed by atoms with Crippen molar-refractivity contribution in [3.8, 4) is 35.8 Å². The zero-order valence-electron chi connectivity index (χ0n) is 37.8. The molecule has 2 fully saturated rings. The Hall–Kier alpha value is -4.95. The van der Waals surface area contributed by atoms with E-state index in [1.807, 2.05) is 35.2 Å². The van der Waals surface area contributed by atoms with Crippen LogP contribution in [0, 0.1) is 23.7 Å². The van der Waals surface area contributed by atoms with E-state index in [0.717, 1.165) is 48.9 Å². The lowest BCUT2D eigenvalue weighted by Gasteiger charge is -2.35. The number of aliphatic imine (C=N–C) groups is 1. The molecule has 0 aromatic heterocycles. The minimum absolute atomic E-state index is 0.0299. The van der Waals surface area contributed by atoms with Crippen molar-refractivity contribution in [2.45, 2.75) is 117 Å². The lowest BCUT2D eigenvalue weighted by molar-refractivity contribution is 0.0720. The molecule has 60 heavy (non-hydrogen) atoms. The molecule has 0 bridgehead atoms. The first-order chi connectivity index (χ1) is 28.6. The Morgan fingerprint density at radius 1 is 0.800 bits per heavy atom. The number of amides is 2. The maximum atomic E-state index is 13.8. The minimum atomic E-state index is -0.152. The number of anilines is 1. The average Bonchev–Trinajstić information content (AvgIpc) is 3.76. The lowest BCUT2D eigenvalue weighted by atomic mass is 9.78. The number of hydrogen-bond donors (Lipinski definition) is 1. The zero-order valence-corrected chi connectivity index (χ0v) is 37.8. The van der Waals surface area contributed by atoms with Gasteiger partial charge in [0.1, 0.15) is 0 Å². The molecule has 2 aromatic rings. The number of likely N-dealkylation sites (N-methyl/N-ethyl adjacent to an activating group) is 1. The van der Waals surface area contributed by atoms with Crippen molar-refractivity contribution in [1.29, 1.82) is 0 Å². The van der Waals surface area contributed by atoms with E-state index in [9.17, 15) is 14.7 Å². The fraction of sp³-hybridized carbons (Fsp3) is 0.571. The number of hydrogen-bond acceptors (Lipinski definition) is 9. The van der Waals surface area contributed by atoms with E-state index < -0.39 is 0 Å². The van der Waals surface area contributed by atoms with E-state index in [4.69, 9.17) is 18.9 Å². The molecule has 11 nitrogen and oxygen atoms in total. The molecule has 2 saturated heterocycles. The van der Waals surface area contributed by atoms with Gasteiger partial charge in [0.15, 0.2) is 23.0 Å². The van der Waals surface area contributed by atoms with Crippen molar-refractivity contribution in [1.82, 2.24) is 9.80 Å². The Bertz CT molecular complexity index is 1900. The summed E-state index contributed by atoms with van der Waals surface area (Å²) in [6.45, 7) is 23.6. The second-order valence-electron chi connectivity index (χ2n) is 18.0. The Morgan fingerprint density at radius 3 is 2.00 bits per heavy atom. The van der Waals surface area contributed by atoms with Crippen LogP contribution in [0.2, 0.25) is 0 Å². The summed E-state index contributed by atoms with van der Waals surface area (Å²) >= 11 is 0. The van der Waals surface area contributed by atoms with Gasteiger partial charge < -0.3 is 38.8 Å². The van der Waals surface area contributed by atoms with Crippen LogP contribution in [0.5, 0.6) is 23.0 Å². The predicted molar refractivity (Wildman–Crippen MR) is 243 cm³/mol. The van der Waals surface area contributed by atoms with E-state index in [1.165, 1.54) is 19.3 Å². The van der Waals surface area contributed by atoms with Gasteiger partial charge in [-0.05, 0) is 61.5 Å². The Balaban J connectivity index is 0.00000106. The number of carbonyl (C=O) groups is 2. The number of benzene rings is 2. The van der Waals surface area contributed by atoms with E-state index in [2.05, 4.69) is 77.4 Å². The van der Waals surface area contributed by atoms with Gasteiger partial charge in [-0.25, -0.2) is 0 Å². The topological polar surface area (TPSA) is 113 Å². The molecule has 0 spiro atoms. The highest BCUT2D eigenvalue weighted by Gasteiger charge is 2.43. The van der Waals surface area contributed by atoms with Gasteiger partial charge in [-0.1, -0.05) is 85.1 Å². The van der Waals surface area contributed by atoms with Crippen LogP contribution in [0.25, 0.3) is 0 Å². The van der Waals surface area contributed by atoms with Crippen LogP contribution >= 0.6 is 0 Å². The van der Waals surface area contributed by atoms with Crippen LogP contribution in [0.1, 0.15) is 120 Å². The van der Waals surface area contributed by atoms with Gasteiger partial charge in [-0.3, -0.25) is 14.6 Å². The normalized spacial score (nSPS) is 19.5. The molecule has 2 aromatic carbocycles. The molecule has 11 heteroatoms.